The van der Waals surface area contributed by atoms with Gasteiger partial charge >= 0.3 is 0 Å². The summed E-state index contributed by atoms with van der Waals surface area (Å²) in [5.41, 5.74) is 6.59. The van der Waals surface area contributed by atoms with E-state index in [4.69, 9.17) is 10.5 Å². The van der Waals surface area contributed by atoms with Gasteiger partial charge in [-0.05, 0) is 35.4 Å². The first-order valence-electron chi connectivity index (χ1n) is 4.30. The van der Waals surface area contributed by atoms with Crippen LogP contribution >= 0.6 is 22.6 Å². The summed E-state index contributed by atoms with van der Waals surface area (Å²) in [5.74, 6) is 0.931. The highest BCUT2D eigenvalue weighted by Crippen LogP contribution is 2.31. The van der Waals surface area contributed by atoms with Crippen molar-refractivity contribution >= 4 is 22.6 Å². The molecule has 1 aliphatic rings. The fraction of sp³-hybridized carbons (Fsp3) is 0.444. The molecule has 2 rings (SSSR count). The normalized spacial score (nSPS) is 15.8. The van der Waals surface area contributed by atoms with Crippen LogP contribution in [0.2, 0.25) is 0 Å². The molecule has 0 atom stereocenters. The fourth-order valence-electron chi connectivity index (χ4n) is 1.09. The predicted molar refractivity (Wildman–Crippen MR) is 58.5 cm³/mol. The minimum Gasteiger partial charge on any atom is -0.489 e. The van der Waals surface area contributed by atoms with Gasteiger partial charge in [0.05, 0.1) is 9.67 Å². The third-order valence-corrected chi connectivity index (χ3v) is 2.72. The highest BCUT2D eigenvalue weighted by atomic mass is 127. The number of halogens is 1. The average Bonchev–Trinajstić information content (AvgIpc) is 2.92. The van der Waals surface area contributed by atoms with Gasteiger partial charge in [-0.1, -0.05) is 0 Å². The van der Waals surface area contributed by atoms with Gasteiger partial charge in [0.1, 0.15) is 5.75 Å². The molecule has 13 heavy (non-hydrogen) atoms. The maximum atomic E-state index is 5.75. The molecule has 1 aromatic heterocycles. The second-order valence-electron chi connectivity index (χ2n) is 3.13. The second kappa shape index (κ2) is 3.79. The lowest BCUT2D eigenvalue weighted by Crippen LogP contribution is -2.06. The van der Waals surface area contributed by atoms with Crippen LogP contribution in [0.15, 0.2) is 12.4 Å². The molecule has 0 unspecified atom stereocenters. The zero-order valence-corrected chi connectivity index (χ0v) is 9.32. The molecule has 3 nitrogen and oxygen atoms in total. The minimum absolute atomic E-state index is 0.418. The van der Waals surface area contributed by atoms with E-state index in [0.717, 1.165) is 14.9 Å². The summed E-state index contributed by atoms with van der Waals surface area (Å²) < 4.78 is 6.80. The molecule has 0 aromatic carbocycles. The summed E-state index contributed by atoms with van der Waals surface area (Å²) in [6, 6.07) is 0. The summed E-state index contributed by atoms with van der Waals surface area (Å²) >= 11 is 2.23. The van der Waals surface area contributed by atoms with Crippen LogP contribution in [0.4, 0.5) is 0 Å². The molecule has 1 aromatic rings. The van der Waals surface area contributed by atoms with Crippen LogP contribution in [0.1, 0.15) is 18.4 Å². The smallest absolute Gasteiger partial charge is 0.140 e. The van der Waals surface area contributed by atoms with E-state index in [1.54, 1.807) is 12.4 Å². The largest absolute Gasteiger partial charge is 0.489 e. The Bertz CT molecular complexity index is 312. The quantitative estimate of drug-likeness (QED) is 0.862. The van der Waals surface area contributed by atoms with Crippen molar-refractivity contribution in [1.29, 1.82) is 0 Å². The number of hydrogen-bond acceptors (Lipinski definition) is 3. The first kappa shape index (κ1) is 9.21. The molecule has 1 saturated carbocycles. The van der Waals surface area contributed by atoms with Gasteiger partial charge in [0, 0.05) is 24.5 Å². The Balaban J connectivity index is 2.27. The molecular weight excluding hydrogens is 279 g/mol. The number of nitrogens with two attached hydrogens (primary N) is 1. The fourth-order valence-corrected chi connectivity index (χ4v) is 1.73. The van der Waals surface area contributed by atoms with Gasteiger partial charge in [0.15, 0.2) is 0 Å². The number of ether oxygens (including phenoxy) is 1. The zero-order valence-electron chi connectivity index (χ0n) is 7.16. The molecule has 0 aliphatic heterocycles. The number of aromatic nitrogens is 1. The minimum atomic E-state index is 0.418. The van der Waals surface area contributed by atoms with Crippen molar-refractivity contribution in [2.75, 3.05) is 0 Å². The van der Waals surface area contributed by atoms with E-state index < -0.39 is 0 Å². The van der Waals surface area contributed by atoms with E-state index in [0.29, 0.717) is 12.6 Å². The molecular formula is C9H11IN2O. The van der Waals surface area contributed by atoms with Crippen molar-refractivity contribution in [3.05, 3.63) is 21.5 Å². The second-order valence-corrected chi connectivity index (χ2v) is 4.29. The van der Waals surface area contributed by atoms with Crippen LogP contribution in [0.5, 0.6) is 5.75 Å². The lowest BCUT2D eigenvalue weighted by Gasteiger charge is -2.10. The zero-order chi connectivity index (χ0) is 9.26. The van der Waals surface area contributed by atoms with Crippen LogP contribution < -0.4 is 10.5 Å². The first-order chi connectivity index (χ1) is 6.31. The Morgan fingerprint density at radius 2 is 2.31 bits per heavy atom. The molecule has 70 valence electrons. The van der Waals surface area contributed by atoms with Gasteiger partial charge in [0.25, 0.3) is 0 Å². The average molecular weight is 290 g/mol. The Morgan fingerprint density at radius 3 is 2.92 bits per heavy atom. The van der Waals surface area contributed by atoms with Crippen molar-refractivity contribution in [2.24, 2.45) is 5.73 Å². The van der Waals surface area contributed by atoms with E-state index in [-0.39, 0.29) is 0 Å². The van der Waals surface area contributed by atoms with Crippen molar-refractivity contribution < 1.29 is 4.74 Å². The third kappa shape index (κ3) is 2.11. The molecule has 0 radical (unpaired) electrons. The molecule has 0 saturated heterocycles. The Morgan fingerprint density at radius 1 is 1.54 bits per heavy atom. The van der Waals surface area contributed by atoms with E-state index in [9.17, 15) is 0 Å². The predicted octanol–water partition coefficient (Wildman–Crippen LogP) is 1.69. The number of rotatable bonds is 3. The highest BCUT2D eigenvalue weighted by molar-refractivity contribution is 14.1. The number of nitrogens with zero attached hydrogens (tertiary/aromatic N) is 1. The van der Waals surface area contributed by atoms with Crippen LogP contribution in [0.25, 0.3) is 0 Å². The van der Waals surface area contributed by atoms with Gasteiger partial charge in [-0.15, -0.1) is 0 Å². The third-order valence-electron chi connectivity index (χ3n) is 1.96. The maximum absolute atomic E-state index is 5.75. The Labute approximate surface area is 90.8 Å². The van der Waals surface area contributed by atoms with Crippen molar-refractivity contribution in [1.82, 2.24) is 4.98 Å². The van der Waals surface area contributed by atoms with E-state index in [2.05, 4.69) is 27.6 Å². The molecule has 4 heteroatoms. The Hall–Kier alpha value is -0.360. The van der Waals surface area contributed by atoms with Gasteiger partial charge in [-0.2, -0.15) is 0 Å². The molecule has 2 N–H and O–H groups in total. The van der Waals surface area contributed by atoms with Gasteiger partial charge in [-0.3, -0.25) is 4.98 Å². The molecule has 0 spiro atoms. The maximum Gasteiger partial charge on any atom is 0.140 e. The Kier molecular flexibility index (Phi) is 2.69. The summed E-state index contributed by atoms with van der Waals surface area (Å²) in [6.45, 7) is 0.492. The lowest BCUT2D eigenvalue weighted by molar-refractivity contribution is 0.297. The topological polar surface area (TPSA) is 48.1 Å². The van der Waals surface area contributed by atoms with Crippen LogP contribution in [-0.4, -0.2) is 11.1 Å². The van der Waals surface area contributed by atoms with E-state index in [1.165, 1.54) is 12.8 Å². The van der Waals surface area contributed by atoms with Gasteiger partial charge < -0.3 is 10.5 Å². The monoisotopic (exact) mass is 290 g/mol. The number of hydrogen-bond donors (Lipinski definition) is 1. The van der Waals surface area contributed by atoms with E-state index >= 15 is 0 Å². The van der Waals surface area contributed by atoms with Gasteiger partial charge in [-0.25, -0.2) is 0 Å². The molecule has 0 amide bonds. The summed E-state index contributed by atoms with van der Waals surface area (Å²) in [5, 5.41) is 0. The van der Waals surface area contributed by atoms with Crippen molar-refractivity contribution in [2.45, 2.75) is 25.5 Å². The molecule has 0 bridgehead atoms. The van der Waals surface area contributed by atoms with Crippen LogP contribution in [0.3, 0.4) is 0 Å². The van der Waals surface area contributed by atoms with Crippen LogP contribution in [0, 0.1) is 3.57 Å². The highest BCUT2D eigenvalue weighted by Gasteiger charge is 2.25. The van der Waals surface area contributed by atoms with Crippen molar-refractivity contribution in [3.63, 3.8) is 0 Å². The molecule has 1 fully saturated rings. The van der Waals surface area contributed by atoms with Crippen LogP contribution in [-0.2, 0) is 6.54 Å². The summed E-state index contributed by atoms with van der Waals surface area (Å²) in [7, 11) is 0. The summed E-state index contributed by atoms with van der Waals surface area (Å²) in [6.07, 6.45) is 6.34. The first-order valence-corrected chi connectivity index (χ1v) is 5.38. The number of pyridine rings is 1. The van der Waals surface area contributed by atoms with E-state index in [1.807, 2.05) is 0 Å². The standard InChI is InChI=1S/C9H11IN2O/c10-8-5-12-4-6(3-11)9(8)13-7-1-2-7/h4-5,7H,1-3,11H2. The summed E-state index contributed by atoms with van der Waals surface area (Å²) in [4.78, 5) is 4.08. The SMILES string of the molecule is NCc1cncc(I)c1OC1CC1. The molecule has 1 heterocycles. The van der Waals surface area contributed by atoms with Gasteiger partial charge in [0.2, 0.25) is 0 Å². The molecule has 1 aliphatic carbocycles. The van der Waals surface area contributed by atoms with Crippen molar-refractivity contribution in [3.8, 4) is 5.75 Å². The lowest BCUT2D eigenvalue weighted by atomic mass is 10.2.